The summed E-state index contributed by atoms with van der Waals surface area (Å²) in [4.78, 5) is 72.5. The molecule has 0 aromatic rings. The Labute approximate surface area is 537 Å². The zero-order valence-corrected chi connectivity index (χ0v) is 53.2. The molecule has 4 fully saturated rings. The Balaban J connectivity index is 2.28. The Morgan fingerprint density at radius 1 is 0.505 bits per heavy atom. The van der Waals surface area contributed by atoms with Crippen LogP contribution in [0.3, 0.4) is 0 Å². The van der Waals surface area contributed by atoms with E-state index in [1.807, 2.05) is 0 Å². The van der Waals surface area contributed by atoms with Gasteiger partial charge in [-0.2, -0.15) is 16.4 Å². The van der Waals surface area contributed by atoms with Gasteiger partial charge in [-0.05, 0) is 45.4 Å². The molecule has 4 saturated heterocycles. The van der Waals surface area contributed by atoms with Gasteiger partial charge in [-0.1, -0.05) is 41.5 Å². The largest absolute Gasteiger partial charge is 0.477 e. The van der Waals surface area contributed by atoms with E-state index < -0.39 is 270 Å². The molecule has 0 saturated carbocycles. The highest BCUT2D eigenvalue weighted by molar-refractivity contribution is 5.77. The van der Waals surface area contributed by atoms with Gasteiger partial charge in [0, 0.05) is 38.4 Å². The van der Waals surface area contributed by atoms with E-state index in [-0.39, 0.29) is 19.8 Å². The lowest BCUT2D eigenvalue weighted by atomic mass is 9.60. The van der Waals surface area contributed by atoms with Crippen LogP contribution in [0.5, 0.6) is 0 Å². The monoisotopic (exact) mass is 1360 g/mol. The summed E-state index contributed by atoms with van der Waals surface area (Å²) >= 11 is 0. The average molecular weight is 1360 g/mol. The van der Waals surface area contributed by atoms with Crippen LogP contribution < -0.4 is 16.4 Å². The SMILES string of the molecule is [2H]CC(O)C(O)C1OC(OC(COC2(C(=O)O)CC(O)C(NOCC)C(C(O)C(O)CO)O2)C(C)(C(COC2(C(=O)O)CC(O)C(NOCC)C(C(O)C(O)CO)O2)OC2(C(=O)O)CC(O)C(NOCC)C(C(O)C(O)CO)O2)C(C(C)C)C(C)C)(C(=O)O)CC(O)C1C. The predicted octanol–water partition coefficient (Wildman–Crippen LogP) is -7.30. The molecule has 27 unspecified atom stereocenters. The van der Waals surface area contributed by atoms with Gasteiger partial charge in [0.25, 0.3) is 23.1 Å². The number of carboxylic acid groups (broad SMARTS) is 4. The normalized spacial score (nSPS) is 36.2. The van der Waals surface area contributed by atoms with Crippen molar-refractivity contribution in [2.45, 2.75) is 246 Å². The molecule has 93 heavy (non-hydrogen) atoms. The summed E-state index contributed by atoms with van der Waals surface area (Å²) in [6, 6.07) is -5.06. The summed E-state index contributed by atoms with van der Waals surface area (Å²) in [6.07, 6.45) is -44.1. The van der Waals surface area contributed by atoms with Gasteiger partial charge in [0.05, 0.1) is 120 Å². The Bertz CT molecular complexity index is 2360. The van der Waals surface area contributed by atoms with Crippen LogP contribution in [0, 0.1) is 29.1 Å². The number of aliphatic hydroxyl groups excluding tert-OH is 15. The quantitative estimate of drug-likeness (QED) is 0.0254. The van der Waals surface area contributed by atoms with Gasteiger partial charge in [-0.25, -0.2) is 19.2 Å². The minimum absolute atomic E-state index is 0.127. The molecule has 4 aliphatic rings. The highest BCUT2D eigenvalue weighted by Crippen LogP contribution is 2.52. The standard InChI is InChI=1S/C56H101N3O34/c1-11-85-57-37-28(65)15-53(48(75)76,91-45(37)41(72)31(68)18-60)83-21-34(88-55(50(79)80)14-27(64)25(8)44(90-55)40(71)26(9)63)52(10,36(23(4)5)24(6)7)35(89-56(51(81)82)17-30(67)39(59-87-13-3)47(93-56)43(74)33(70)20-62)22-84-54(49(77)78)16-29(66)38(58-86-12-2)46(92-54)42(73)32(69)19-61/h23-47,57-74H,11-22H2,1-10H3,(H,75,76)(H,77,78)(H,79,80)(H,81,82)/i9D. The summed E-state index contributed by atoms with van der Waals surface area (Å²) in [5.74, 6) is -26.8. The number of hydroxylamine groups is 3. The molecular weight excluding hydrogens is 1260 g/mol. The topological polar surface area (TPSA) is 590 Å². The van der Waals surface area contributed by atoms with E-state index in [1.165, 1.54) is 55.4 Å². The molecule has 0 bridgehead atoms. The summed E-state index contributed by atoms with van der Waals surface area (Å²) in [6.45, 7) is 5.04. The Morgan fingerprint density at radius 3 is 1.08 bits per heavy atom. The lowest BCUT2D eigenvalue weighted by Crippen LogP contribution is -2.71. The van der Waals surface area contributed by atoms with Crippen molar-refractivity contribution < 1.29 is 170 Å². The third kappa shape index (κ3) is 18.3. The first kappa shape index (κ1) is 80.4. The lowest BCUT2D eigenvalue weighted by Gasteiger charge is -2.56. The number of aliphatic hydroxyl groups is 15. The highest BCUT2D eigenvalue weighted by atomic mass is 16.8. The van der Waals surface area contributed by atoms with Gasteiger partial charge in [0.15, 0.2) is 0 Å². The molecule has 544 valence electrons. The van der Waals surface area contributed by atoms with Gasteiger partial charge in [0.1, 0.15) is 61.0 Å². The number of carboxylic acids is 4. The van der Waals surface area contributed by atoms with Crippen molar-refractivity contribution in [3.05, 3.63) is 0 Å². The maximum absolute atomic E-state index is 14.4. The second kappa shape index (κ2) is 35.0. The smallest absolute Gasteiger partial charge is 0.364 e. The first-order valence-electron chi connectivity index (χ1n) is 31.3. The van der Waals surface area contributed by atoms with Crippen LogP contribution in [0.2, 0.25) is 0 Å². The van der Waals surface area contributed by atoms with Crippen LogP contribution in [0.25, 0.3) is 0 Å². The van der Waals surface area contributed by atoms with Crippen LogP contribution in [0.15, 0.2) is 0 Å². The number of nitrogens with one attached hydrogen (secondary N) is 3. The second-order valence-electron chi connectivity index (χ2n) is 24.7. The van der Waals surface area contributed by atoms with Gasteiger partial charge in [0.2, 0.25) is 0 Å². The first-order chi connectivity index (χ1) is 43.9. The van der Waals surface area contributed by atoms with E-state index >= 15 is 0 Å². The van der Waals surface area contributed by atoms with E-state index in [4.69, 9.17) is 53.8 Å². The molecule has 0 radical (unpaired) electrons. The number of aliphatic carboxylic acids is 4. The molecule has 27 atom stereocenters. The van der Waals surface area contributed by atoms with E-state index in [9.17, 15) is 116 Å². The summed E-state index contributed by atoms with van der Waals surface area (Å²) in [5.41, 5.74) is 4.55. The zero-order chi connectivity index (χ0) is 71.3. The van der Waals surface area contributed by atoms with Crippen molar-refractivity contribution in [3.8, 4) is 0 Å². The van der Waals surface area contributed by atoms with E-state index in [0.717, 1.165) is 6.92 Å². The molecule has 4 aliphatic heterocycles. The fourth-order valence-corrected chi connectivity index (χ4v) is 12.9. The minimum atomic E-state index is -3.50. The van der Waals surface area contributed by atoms with Crippen molar-refractivity contribution in [1.29, 1.82) is 0 Å². The maximum atomic E-state index is 14.4. The van der Waals surface area contributed by atoms with E-state index in [0.29, 0.717) is 0 Å². The van der Waals surface area contributed by atoms with Gasteiger partial charge >= 0.3 is 23.9 Å². The average Bonchev–Trinajstić information content (AvgIpc) is 0.738. The van der Waals surface area contributed by atoms with E-state index in [2.05, 4.69) is 16.4 Å². The van der Waals surface area contributed by atoms with Crippen molar-refractivity contribution in [2.75, 3.05) is 52.9 Å². The summed E-state index contributed by atoms with van der Waals surface area (Å²) < 4.78 is 58.1. The molecule has 0 aromatic heterocycles. The minimum Gasteiger partial charge on any atom is -0.477 e. The Hall–Kier alpha value is -3.28. The van der Waals surface area contributed by atoms with Gasteiger partial charge in [-0.15, -0.1) is 0 Å². The summed E-state index contributed by atoms with van der Waals surface area (Å²) in [7, 11) is 0. The number of ether oxygens (including phenoxy) is 8. The number of rotatable bonds is 39. The van der Waals surface area contributed by atoms with Crippen molar-refractivity contribution >= 4 is 23.9 Å². The predicted molar refractivity (Wildman–Crippen MR) is 306 cm³/mol. The molecule has 0 spiro atoms. The van der Waals surface area contributed by atoms with Gasteiger partial charge in [-0.3, -0.25) is 0 Å². The molecule has 37 heteroatoms. The fraction of sp³-hybridized carbons (Fsp3) is 0.929. The molecule has 0 amide bonds. The van der Waals surface area contributed by atoms with Crippen molar-refractivity contribution in [3.63, 3.8) is 0 Å². The molecule has 0 aromatic carbocycles. The van der Waals surface area contributed by atoms with Crippen LogP contribution in [0.1, 0.15) is 96.3 Å². The van der Waals surface area contributed by atoms with Crippen LogP contribution in [0.4, 0.5) is 0 Å². The van der Waals surface area contributed by atoms with Crippen molar-refractivity contribution in [2.24, 2.45) is 29.1 Å². The third-order valence-electron chi connectivity index (χ3n) is 17.7. The molecular formula is C56H101N3O34. The van der Waals surface area contributed by atoms with Crippen LogP contribution >= 0.6 is 0 Å². The van der Waals surface area contributed by atoms with Crippen molar-refractivity contribution in [1.82, 2.24) is 16.4 Å². The fourth-order valence-electron chi connectivity index (χ4n) is 12.9. The van der Waals surface area contributed by atoms with Gasteiger partial charge < -0.3 is 149 Å². The number of hydrogen-bond acceptors (Lipinski definition) is 33. The summed E-state index contributed by atoms with van der Waals surface area (Å²) in [5, 5.41) is 212. The highest BCUT2D eigenvalue weighted by Gasteiger charge is 2.66. The Kier molecular flexibility index (Phi) is 30.2. The lowest BCUT2D eigenvalue weighted by molar-refractivity contribution is -0.382. The Morgan fingerprint density at radius 2 is 0.796 bits per heavy atom. The molecule has 0 aliphatic carbocycles. The maximum Gasteiger partial charge on any atom is 0.364 e. The molecule has 4 rings (SSSR count). The third-order valence-corrected chi connectivity index (χ3v) is 17.7. The second-order valence-corrected chi connectivity index (χ2v) is 24.7. The number of carbonyl (C=O) groups is 4. The molecule has 22 N–H and O–H groups in total. The number of hydrogen-bond donors (Lipinski definition) is 22. The molecule has 4 heterocycles. The zero-order valence-electron chi connectivity index (χ0n) is 54.2. The first-order valence-corrected chi connectivity index (χ1v) is 30.6. The molecule has 37 nitrogen and oxygen atoms in total. The van der Waals surface area contributed by atoms with Crippen LogP contribution in [-0.2, 0) is 71.6 Å². The van der Waals surface area contributed by atoms with E-state index in [1.54, 1.807) is 0 Å². The van der Waals surface area contributed by atoms with Crippen LogP contribution in [-0.4, -0.2) is 325 Å².